The summed E-state index contributed by atoms with van der Waals surface area (Å²) in [6, 6.07) is 7.32. The van der Waals surface area contributed by atoms with E-state index in [1.54, 1.807) is 12.1 Å². The van der Waals surface area contributed by atoms with Crippen molar-refractivity contribution in [1.82, 2.24) is 0 Å². The van der Waals surface area contributed by atoms with Crippen LogP contribution in [0.2, 0.25) is 0 Å². The number of hydrogen-bond donors (Lipinski definition) is 2. The van der Waals surface area contributed by atoms with Crippen LogP contribution < -0.4 is 5.32 Å². The summed E-state index contributed by atoms with van der Waals surface area (Å²) in [5.74, 6) is -1.42. The fourth-order valence-corrected chi connectivity index (χ4v) is 1.96. The average Bonchev–Trinajstić information content (AvgIpc) is 2.19. The molecule has 1 aliphatic rings. The minimum Gasteiger partial charge on any atom is -0.480 e. The molecule has 0 radical (unpaired) electrons. The largest absolute Gasteiger partial charge is 0.480 e. The van der Waals surface area contributed by atoms with Gasteiger partial charge >= 0.3 is 5.97 Å². The third-order valence-corrected chi connectivity index (χ3v) is 3.36. The van der Waals surface area contributed by atoms with Gasteiger partial charge in [-0.1, -0.05) is 24.1 Å². The van der Waals surface area contributed by atoms with E-state index in [2.05, 4.69) is 5.32 Å². The Bertz CT molecular complexity index is 446. The summed E-state index contributed by atoms with van der Waals surface area (Å²) >= 11 is 0. The van der Waals surface area contributed by atoms with E-state index < -0.39 is 17.3 Å². The van der Waals surface area contributed by atoms with Crippen LogP contribution in [-0.2, 0) is 9.59 Å². The second-order valence-corrected chi connectivity index (χ2v) is 4.56. The zero-order valence-corrected chi connectivity index (χ0v) is 9.69. The summed E-state index contributed by atoms with van der Waals surface area (Å²) in [7, 11) is 0. The first-order valence-corrected chi connectivity index (χ1v) is 5.66. The maximum atomic E-state index is 12.0. The predicted molar refractivity (Wildman–Crippen MR) is 63.7 cm³/mol. The lowest BCUT2D eigenvalue weighted by atomic mass is 9.68. The van der Waals surface area contributed by atoms with Crippen molar-refractivity contribution in [2.45, 2.75) is 26.2 Å². The Kier molecular flexibility index (Phi) is 2.88. The van der Waals surface area contributed by atoms with Gasteiger partial charge in [0.25, 0.3) is 0 Å². The van der Waals surface area contributed by atoms with Crippen LogP contribution in [0.5, 0.6) is 0 Å². The van der Waals surface area contributed by atoms with E-state index in [-0.39, 0.29) is 0 Å². The molecule has 1 aliphatic carbocycles. The van der Waals surface area contributed by atoms with Gasteiger partial charge in [0.1, 0.15) is 5.41 Å². The predicted octanol–water partition coefficient (Wildman–Crippen LogP) is 2.19. The van der Waals surface area contributed by atoms with Crippen LogP contribution in [0.15, 0.2) is 24.3 Å². The van der Waals surface area contributed by atoms with Gasteiger partial charge in [0, 0.05) is 5.69 Å². The molecule has 2 N–H and O–H groups in total. The SMILES string of the molecule is Cc1ccc(NC(=O)C2(C(=O)O)CCC2)cc1. The summed E-state index contributed by atoms with van der Waals surface area (Å²) in [5, 5.41) is 11.8. The number of aryl methyl sites for hydroxylation is 1. The van der Waals surface area contributed by atoms with Crippen molar-refractivity contribution in [2.24, 2.45) is 5.41 Å². The van der Waals surface area contributed by atoms with Gasteiger partial charge in [0.05, 0.1) is 0 Å². The molecular weight excluding hydrogens is 218 g/mol. The van der Waals surface area contributed by atoms with Gasteiger partial charge in [0.15, 0.2) is 0 Å². The van der Waals surface area contributed by atoms with Crippen molar-refractivity contribution in [1.29, 1.82) is 0 Å². The minimum atomic E-state index is -1.20. The molecule has 4 nitrogen and oxygen atoms in total. The Balaban J connectivity index is 2.11. The highest BCUT2D eigenvalue weighted by Gasteiger charge is 2.51. The summed E-state index contributed by atoms with van der Waals surface area (Å²) in [6.45, 7) is 1.95. The Hall–Kier alpha value is -1.84. The first-order valence-electron chi connectivity index (χ1n) is 5.66. The maximum Gasteiger partial charge on any atom is 0.319 e. The number of hydrogen-bond acceptors (Lipinski definition) is 2. The van der Waals surface area contributed by atoms with E-state index in [1.165, 1.54) is 0 Å². The Labute approximate surface area is 99.6 Å². The summed E-state index contributed by atoms with van der Waals surface area (Å²) in [5.41, 5.74) is 0.540. The van der Waals surface area contributed by atoms with E-state index in [0.29, 0.717) is 18.5 Å². The molecule has 0 aliphatic heterocycles. The number of carboxylic acid groups (broad SMARTS) is 1. The summed E-state index contributed by atoms with van der Waals surface area (Å²) < 4.78 is 0. The lowest BCUT2D eigenvalue weighted by molar-refractivity contribution is -0.159. The second-order valence-electron chi connectivity index (χ2n) is 4.56. The van der Waals surface area contributed by atoms with E-state index in [0.717, 1.165) is 12.0 Å². The number of aliphatic carboxylic acids is 1. The first-order chi connectivity index (χ1) is 8.04. The number of benzene rings is 1. The molecular formula is C13H15NO3. The van der Waals surface area contributed by atoms with E-state index in [1.807, 2.05) is 19.1 Å². The van der Waals surface area contributed by atoms with Crippen LogP contribution in [0.25, 0.3) is 0 Å². The van der Waals surface area contributed by atoms with Crippen molar-refractivity contribution in [2.75, 3.05) is 5.32 Å². The lowest BCUT2D eigenvalue weighted by Crippen LogP contribution is -2.48. The zero-order valence-electron chi connectivity index (χ0n) is 9.69. The van der Waals surface area contributed by atoms with Crippen molar-refractivity contribution < 1.29 is 14.7 Å². The summed E-state index contributed by atoms with van der Waals surface area (Å²) in [6.07, 6.45) is 1.66. The fraction of sp³-hybridized carbons (Fsp3) is 0.385. The molecule has 1 aromatic rings. The minimum absolute atomic E-state index is 0.403. The fourth-order valence-electron chi connectivity index (χ4n) is 1.96. The van der Waals surface area contributed by atoms with Gasteiger partial charge in [-0.2, -0.15) is 0 Å². The van der Waals surface area contributed by atoms with E-state index in [4.69, 9.17) is 5.11 Å². The molecule has 1 amide bonds. The smallest absolute Gasteiger partial charge is 0.319 e. The number of anilines is 1. The van der Waals surface area contributed by atoms with Gasteiger partial charge in [-0.15, -0.1) is 0 Å². The number of nitrogens with one attached hydrogen (secondary N) is 1. The van der Waals surface area contributed by atoms with Crippen LogP contribution in [0, 0.1) is 12.3 Å². The molecule has 0 spiro atoms. The van der Waals surface area contributed by atoms with Crippen molar-refractivity contribution in [3.63, 3.8) is 0 Å². The van der Waals surface area contributed by atoms with Crippen LogP contribution in [-0.4, -0.2) is 17.0 Å². The van der Waals surface area contributed by atoms with Crippen LogP contribution in [0.4, 0.5) is 5.69 Å². The molecule has 4 heteroatoms. The van der Waals surface area contributed by atoms with Gasteiger partial charge in [-0.25, -0.2) is 0 Å². The van der Waals surface area contributed by atoms with Gasteiger partial charge < -0.3 is 10.4 Å². The number of carbonyl (C=O) groups is 2. The highest BCUT2D eigenvalue weighted by Crippen LogP contribution is 2.42. The first kappa shape index (κ1) is 11.6. The van der Waals surface area contributed by atoms with Crippen molar-refractivity contribution in [3.05, 3.63) is 29.8 Å². The molecule has 1 saturated carbocycles. The molecule has 90 valence electrons. The summed E-state index contributed by atoms with van der Waals surface area (Å²) in [4.78, 5) is 23.1. The molecule has 0 heterocycles. The van der Waals surface area contributed by atoms with Gasteiger partial charge in [0.2, 0.25) is 5.91 Å². The normalized spacial score (nSPS) is 17.0. The molecule has 0 atom stereocenters. The monoisotopic (exact) mass is 233 g/mol. The van der Waals surface area contributed by atoms with Gasteiger partial charge in [-0.05, 0) is 31.9 Å². The number of amides is 1. The van der Waals surface area contributed by atoms with Crippen LogP contribution in [0.1, 0.15) is 24.8 Å². The third-order valence-electron chi connectivity index (χ3n) is 3.36. The number of carboxylic acids is 1. The topological polar surface area (TPSA) is 66.4 Å². The van der Waals surface area contributed by atoms with Crippen LogP contribution in [0.3, 0.4) is 0 Å². The molecule has 0 unspecified atom stereocenters. The third kappa shape index (κ3) is 2.02. The number of rotatable bonds is 3. The van der Waals surface area contributed by atoms with Crippen LogP contribution >= 0.6 is 0 Å². The lowest BCUT2D eigenvalue weighted by Gasteiger charge is -2.35. The van der Waals surface area contributed by atoms with Crippen molar-refractivity contribution in [3.8, 4) is 0 Å². The molecule has 0 aromatic heterocycles. The van der Waals surface area contributed by atoms with E-state index in [9.17, 15) is 9.59 Å². The maximum absolute atomic E-state index is 12.0. The Morgan fingerprint density at radius 1 is 1.24 bits per heavy atom. The molecule has 17 heavy (non-hydrogen) atoms. The Morgan fingerprint density at radius 3 is 2.24 bits per heavy atom. The molecule has 0 saturated heterocycles. The quantitative estimate of drug-likeness (QED) is 0.786. The molecule has 2 rings (SSSR count). The average molecular weight is 233 g/mol. The molecule has 1 fully saturated rings. The zero-order chi connectivity index (χ0) is 12.5. The highest BCUT2D eigenvalue weighted by atomic mass is 16.4. The van der Waals surface area contributed by atoms with E-state index >= 15 is 0 Å². The second kappa shape index (κ2) is 4.20. The standard InChI is InChI=1S/C13H15NO3/c1-9-3-5-10(6-4-9)14-11(15)13(12(16)17)7-2-8-13/h3-6H,2,7-8H2,1H3,(H,14,15)(H,16,17). The van der Waals surface area contributed by atoms with Crippen molar-refractivity contribution >= 4 is 17.6 Å². The Morgan fingerprint density at radius 2 is 1.82 bits per heavy atom. The molecule has 1 aromatic carbocycles. The van der Waals surface area contributed by atoms with Gasteiger partial charge in [-0.3, -0.25) is 9.59 Å². The molecule has 0 bridgehead atoms. The highest BCUT2D eigenvalue weighted by molar-refractivity contribution is 6.09. The number of carbonyl (C=O) groups excluding carboxylic acids is 1.